The van der Waals surface area contributed by atoms with Crippen LogP contribution in [0.4, 0.5) is 0 Å². The largest absolute Gasteiger partial charge is 0.395 e. The maximum absolute atomic E-state index is 9.86. The van der Waals surface area contributed by atoms with Gasteiger partial charge in [-0.3, -0.25) is 0 Å². The topological polar surface area (TPSA) is 52.5 Å². The fourth-order valence-corrected chi connectivity index (χ4v) is 2.09. The number of nitrogens with one attached hydrogen (secondary N) is 1. The summed E-state index contributed by atoms with van der Waals surface area (Å²) in [5.74, 6) is 0. The van der Waals surface area contributed by atoms with Gasteiger partial charge in [-0.1, -0.05) is 70.0 Å². The van der Waals surface area contributed by atoms with Gasteiger partial charge in [-0.2, -0.15) is 0 Å². The van der Waals surface area contributed by atoms with Crippen molar-refractivity contribution in [1.29, 1.82) is 0 Å². The molecule has 0 amide bonds. The molecular formula is C19H33NO2. The minimum absolute atomic E-state index is 0.0849. The van der Waals surface area contributed by atoms with Gasteiger partial charge in [-0.25, -0.2) is 0 Å². The molecule has 0 aliphatic heterocycles. The predicted molar refractivity (Wildman–Crippen MR) is 96.0 cm³/mol. The van der Waals surface area contributed by atoms with E-state index in [1.807, 2.05) is 19.9 Å². The summed E-state index contributed by atoms with van der Waals surface area (Å²) in [5.41, 5.74) is 2.43. The first kappa shape index (κ1) is 20.8. The molecule has 0 aliphatic carbocycles. The summed E-state index contributed by atoms with van der Waals surface area (Å²) >= 11 is 0. The lowest BCUT2D eigenvalue weighted by molar-refractivity contribution is 0.128. The molecule has 126 valence electrons. The van der Waals surface area contributed by atoms with Gasteiger partial charge in [0.1, 0.15) is 0 Å². The summed E-state index contributed by atoms with van der Waals surface area (Å²) in [7, 11) is 1.73. The molecule has 1 unspecified atom stereocenters. The van der Waals surface area contributed by atoms with Crippen LogP contribution < -0.4 is 5.32 Å². The minimum atomic E-state index is -0.686. The van der Waals surface area contributed by atoms with Crippen LogP contribution in [0, 0.1) is 0 Å². The van der Waals surface area contributed by atoms with Crippen molar-refractivity contribution >= 4 is 6.08 Å². The first-order valence-corrected chi connectivity index (χ1v) is 8.44. The quantitative estimate of drug-likeness (QED) is 0.613. The van der Waals surface area contributed by atoms with Crippen molar-refractivity contribution in [3.63, 3.8) is 0 Å². The zero-order chi connectivity index (χ0) is 16.8. The van der Waals surface area contributed by atoms with Gasteiger partial charge >= 0.3 is 0 Å². The van der Waals surface area contributed by atoms with Gasteiger partial charge in [0.25, 0.3) is 0 Å². The molecule has 0 radical (unpaired) electrons. The Balaban J connectivity index is 0.00000211. The van der Waals surface area contributed by atoms with E-state index in [2.05, 4.69) is 36.5 Å². The van der Waals surface area contributed by atoms with Crippen molar-refractivity contribution in [2.45, 2.75) is 58.6 Å². The van der Waals surface area contributed by atoms with Crippen molar-refractivity contribution in [2.24, 2.45) is 0 Å². The van der Waals surface area contributed by atoms with Crippen LogP contribution in [-0.2, 0) is 6.42 Å². The fraction of sp³-hybridized carbons (Fsp3) is 0.579. The van der Waals surface area contributed by atoms with Crippen LogP contribution >= 0.6 is 0 Å². The number of aliphatic hydroxyl groups is 2. The molecule has 0 fully saturated rings. The maximum Gasteiger partial charge on any atom is 0.0899 e. The summed E-state index contributed by atoms with van der Waals surface area (Å²) < 4.78 is 0. The Kier molecular flexibility index (Phi) is 12.8. The zero-order valence-corrected chi connectivity index (χ0v) is 14.5. The Morgan fingerprint density at radius 2 is 1.77 bits per heavy atom. The van der Waals surface area contributed by atoms with E-state index >= 15 is 0 Å². The average molecular weight is 307 g/mol. The van der Waals surface area contributed by atoms with Crippen molar-refractivity contribution in [2.75, 3.05) is 13.7 Å². The van der Waals surface area contributed by atoms with Crippen LogP contribution in [0.3, 0.4) is 0 Å². The van der Waals surface area contributed by atoms with E-state index in [-0.39, 0.29) is 12.6 Å². The number of unbranched alkanes of at least 4 members (excludes halogenated alkanes) is 2. The standard InChI is InChI=1S/C17H27NO2.C2H6/c1-3-4-5-6-14-7-9-15(10-8-14)11-12-17(20)16(13-19)18-2;1-2/h7-12,16-20H,3-6,13H2,1-2H3;1-2H3/b12-11+;/t16?,17-;/m0./s1. The van der Waals surface area contributed by atoms with Gasteiger partial charge in [0.15, 0.2) is 0 Å². The van der Waals surface area contributed by atoms with E-state index in [9.17, 15) is 5.11 Å². The lowest BCUT2D eigenvalue weighted by Gasteiger charge is -2.16. The molecule has 0 aliphatic rings. The number of rotatable bonds is 9. The van der Waals surface area contributed by atoms with Gasteiger partial charge in [-0.15, -0.1) is 0 Å². The van der Waals surface area contributed by atoms with Crippen molar-refractivity contribution in [3.8, 4) is 0 Å². The molecule has 0 spiro atoms. The molecule has 0 saturated carbocycles. The Hall–Kier alpha value is -1.16. The number of benzene rings is 1. The molecule has 3 nitrogen and oxygen atoms in total. The third kappa shape index (κ3) is 8.32. The molecule has 0 saturated heterocycles. The normalized spacial score (nSPS) is 13.5. The first-order valence-electron chi connectivity index (χ1n) is 8.44. The van der Waals surface area contributed by atoms with Gasteiger partial charge < -0.3 is 15.5 Å². The second-order valence-electron chi connectivity index (χ2n) is 5.13. The Morgan fingerprint density at radius 3 is 2.27 bits per heavy atom. The maximum atomic E-state index is 9.86. The minimum Gasteiger partial charge on any atom is -0.395 e. The van der Waals surface area contributed by atoms with Crippen LogP contribution in [0.5, 0.6) is 0 Å². The molecule has 0 aromatic heterocycles. The highest BCUT2D eigenvalue weighted by atomic mass is 16.3. The highest BCUT2D eigenvalue weighted by Gasteiger charge is 2.12. The molecule has 1 rings (SSSR count). The third-order valence-electron chi connectivity index (χ3n) is 3.51. The lowest BCUT2D eigenvalue weighted by atomic mass is 10.0. The molecular weight excluding hydrogens is 274 g/mol. The summed E-state index contributed by atoms with van der Waals surface area (Å²) in [6.45, 7) is 6.13. The molecule has 3 heteroatoms. The highest BCUT2D eigenvalue weighted by molar-refractivity contribution is 5.50. The molecule has 2 atom stereocenters. The average Bonchev–Trinajstić information content (AvgIpc) is 2.57. The van der Waals surface area contributed by atoms with E-state index in [1.54, 1.807) is 13.1 Å². The molecule has 1 aromatic rings. The monoisotopic (exact) mass is 307 g/mol. The summed E-state index contributed by atoms with van der Waals surface area (Å²) in [5, 5.41) is 21.8. The van der Waals surface area contributed by atoms with E-state index in [1.165, 1.54) is 24.8 Å². The number of aryl methyl sites for hydroxylation is 1. The lowest BCUT2D eigenvalue weighted by Crippen LogP contribution is -2.39. The van der Waals surface area contributed by atoms with Gasteiger partial charge in [0, 0.05) is 0 Å². The van der Waals surface area contributed by atoms with Crippen molar-refractivity contribution in [3.05, 3.63) is 41.5 Å². The Bertz CT molecular complexity index is 383. The summed E-state index contributed by atoms with van der Waals surface area (Å²) in [6, 6.07) is 8.10. The fourth-order valence-electron chi connectivity index (χ4n) is 2.09. The predicted octanol–water partition coefficient (Wildman–Crippen LogP) is 3.40. The second kappa shape index (κ2) is 13.5. The van der Waals surface area contributed by atoms with E-state index in [0.29, 0.717) is 0 Å². The second-order valence-corrected chi connectivity index (χ2v) is 5.13. The smallest absolute Gasteiger partial charge is 0.0899 e. The highest BCUT2D eigenvalue weighted by Crippen LogP contribution is 2.10. The SMILES string of the molecule is CC.CCCCCc1ccc(/C=C/[C@H](O)C(CO)NC)cc1. The molecule has 22 heavy (non-hydrogen) atoms. The van der Waals surface area contributed by atoms with Crippen molar-refractivity contribution < 1.29 is 10.2 Å². The van der Waals surface area contributed by atoms with Crippen molar-refractivity contribution in [1.82, 2.24) is 5.32 Å². The van der Waals surface area contributed by atoms with E-state index < -0.39 is 6.10 Å². The van der Waals surface area contributed by atoms with Gasteiger partial charge in [0.2, 0.25) is 0 Å². The van der Waals surface area contributed by atoms with Crippen LogP contribution in [0.2, 0.25) is 0 Å². The third-order valence-corrected chi connectivity index (χ3v) is 3.51. The van der Waals surface area contributed by atoms with Crippen LogP contribution in [-0.4, -0.2) is 36.0 Å². The number of hydrogen-bond donors (Lipinski definition) is 3. The first-order chi connectivity index (χ1) is 10.7. The van der Waals surface area contributed by atoms with E-state index in [0.717, 1.165) is 12.0 Å². The number of hydrogen-bond acceptors (Lipinski definition) is 3. The van der Waals surface area contributed by atoms with Gasteiger partial charge in [-0.05, 0) is 31.0 Å². The van der Waals surface area contributed by atoms with Crippen LogP contribution in [0.25, 0.3) is 6.08 Å². The summed E-state index contributed by atoms with van der Waals surface area (Å²) in [4.78, 5) is 0. The molecule has 0 bridgehead atoms. The van der Waals surface area contributed by atoms with Crippen LogP contribution in [0.15, 0.2) is 30.3 Å². The zero-order valence-electron chi connectivity index (χ0n) is 14.5. The van der Waals surface area contributed by atoms with E-state index in [4.69, 9.17) is 5.11 Å². The number of aliphatic hydroxyl groups excluding tert-OH is 2. The van der Waals surface area contributed by atoms with Crippen LogP contribution in [0.1, 0.15) is 51.2 Å². The molecule has 1 aromatic carbocycles. The van der Waals surface area contributed by atoms with Gasteiger partial charge in [0.05, 0.1) is 18.8 Å². The molecule has 3 N–H and O–H groups in total. The Labute approximate surface area is 136 Å². The molecule has 0 heterocycles. The Morgan fingerprint density at radius 1 is 1.14 bits per heavy atom. The summed E-state index contributed by atoms with van der Waals surface area (Å²) in [6.07, 6.45) is 7.81. The number of likely N-dealkylation sites (N-methyl/N-ethyl adjacent to an activating group) is 1.